The van der Waals surface area contributed by atoms with Crippen LogP contribution in [0.3, 0.4) is 0 Å². The molecule has 1 saturated heterocycles. The summed E-state index contributed by atoms with van der Waals surface area (Å²) in [6, 6.07) is 0. The van der Waals surface area contributed by atoms with Crippen LogP contribution in [-0.2, 0) is 9.53 Å². The highest BCUT2D eigenvalue weighted by Crippen LogP contribution is 2.44. The summed E-state index contributed by atoms with van der Waals surface area (Å²) >= 11 is 0. The molecule has 96 valence electrons. The Bertz CT molecular complexity index is 291. The first kappa shape index (κ1) is 11.7. The lowest BCUT2D eigenvalue weighted by molar-refractivity contribution is -0.123. The van der Waals surface area contributed by atoms with Gasteiger partial charge < -0.3 is 4.74 Å². The van der Waals surface area contributed by atoms with Gasteiger partial charge in [0, 0.05) is 12.3 Å². The van der Waals surface area contributed by atoms with Crippen molar-refractivity contribution in [1.29, 1.82) is 0 Å². The number of carbonyl (C=O) groups is 1. The van der Waals surface area contributed by atoms with Gasteiger partial charge in [0.25, 0.3) is 0 Å². The maximum absolute atomic E-state index is 11.7. The molecule has 0 aromatic heterocycles. The maximum atomic E-state index is 11.7. The normalized spacial score (nSPS) is 36.8. The van der Waals surface area contributed by atoms with Gasteiger partial charge in [0.1, 0.15) is 5.78 Å². The molecule has 3 aliphatic rings. The smallest absolute Gasteiger partial charge is 0.136 e. The van der Waals surface area contributed by atoms with E-state index in [4.69, 9.17) is 4.74 Å². The molecular weight excluding hydrogens is 212 g/mol. The molecule has 0 radical (unpaired) electrons. The minimum Gasteiger partial charge on any atom is -0.372 e. The van der Waals surface area contributed by atoms with Crippen molar-refractivity contribution in [3.05, 3.63) is 0 Å². The van der Waals surface area contributed by atoms with Crippen molar-refractivity contribution in [2.45, 2.75) is 82.3 Å². The molecule has 0 bridgehead atoms. The molecule has 0 N–H and O–H groups in total. The topological polar surface area (TPSA) is 26.3 Å². The van der Waals surface area contributed by atoms with Crippen LogP contribution in [0.4, 0.5) is 0 Å². The van der Waals surface area contributed by atoms with Crippen molar-refractivity contribution in [2.24, 2.45) is 5.92 Å². The van der Waals surface area contributed by atoms with Crippen LogP contribution >= 0.6 is 0 Å². The van der Waals surface area contributed by atoms with E-state index in [-0.39, 0.29) is 5.60 Å². The molecule has 0 aromatic rings. The van der Waals surface area contributed by atoms with E-state index in [1.807, 2.05) is 0 Å². The number of rotatable bonds is 2. The van der Waals surface area contributed by atoms with Crippen molar-refractivity contribution in [3.63, 3.8) is 0 Å². The SMILES string of the molecule is O=C1CCCC1CC1CCC2(CCCCC2)O1. The summed E-state index contributed by atoms with van der Waals surface area (Å²) in [5, 5.41) is 0. The van der Waals surface area contributed by atoms with E-state index in [0.717, 1.165) is 25.7 Å². The lowest BCUT2D eigenvalue weighted by atomic mass is 9.83. The second-order valence-corrected chi connectivity index (χ2v) is 6.31. The zero-order valence-corrected chi connectivity index (χ0v) is 10.7. The van der Waals surface area contributed by atoms with Crippen LogP contribution in [0.1, 0.15) is 70.6 Å². The van der Waals surface area contributed by atoms with Gasteiger partial charge in [-0.15, -0.1) is 0 Å². The van der Waals surface area contributed by atoms with E-state index < -0.39 is 0 Å². The van der Waals surface area contributed by atoms with Crippen LogP contribution in [0.5, 0.6) is 0 Å². The summed E-state index contributed by atoms with van der Waals surface area (Å²) < 4.78 is 6.35. The average molecular weight is 236 g/mol. The highest BCUT2D eigenvalue weighted by molar-refractivity contribution is 5.82. The Morgan fingerprint density at radius 1 is 1.06 bits per heavy atom. The average Bonchev–Trinajstić information content (AvgIpc) is 2.90. The molecule has 0 aromatic carbocycles. The molecule has 3 rings (SSSR count). The monoisotopic (exact) mass is 236 g/mol. The second kappa shape index (κ2) is 4.72. The van der Waals surface area contributed by atoms with Crippen molar-refractivity contribution in [2.75, 3.05) is 0 Å². The Morgan fingerprint density at radius 2 is 1.88 bits per heavy atom. The number of Topliss-reactive ketones (excluding diaryl/α,β-unsaturated/α-hetero) is 1. The molecule has 1 spiro atoms. The van der Waals surface area contributed by atoms with Gasteiger partial charge in [0.05, 0.1) is 11.7 Å². The van der Waals surface area contributed by atoms with Crippen molar-refractivity contribution in [1.82, 2.24) is 0 Å². The molecule has 2 atom stereocenters. The van der Waals surface area contributed by atoms with E-state index in [9.17, 15) is 4.79 Å². The molecule has 1 heterocycles. The first-order valence-corrected chi connectivity index (χ1v) is 7.48. The van der Waals surface area contributed by atoms with Crippen molar-refractivity contribution >= 4 is 5.78 Å². The minimum atomic E-state index is 0.227. The third kappa shape index (κ3) is 2.42. The first-order valence-electron chi connectivity index (χ1n) is 7.48. The van der Waals surface area contributed by atoms with E-state index in [1.54, 1.807) is 0 Å². The molecule has 2 saturated carbocycles. The quantitative estimate of drug-likeness (QED) is 0.732. The highest BCUT2D eigenvalue weighted by Gasteiger charge is 2.42. The van der Waals surface area contributed by atoms with Crippen LogP contribution in [0.15, 0.2) is 0 Å². The summed E-state index contributed by atoms with van der Waals surface area (Å²) in [4.78, 5) is 11.7. The standard InChI is InChI=1S/C15H24O2/c16-14-6-4-5-12(14)11-13-7-10-15(17-13)8-2-1-3-9-15/h12-13H,1-11H2. The fourth-order valence-electron chi connectivity index (χ4n) is 4.08. The maximum Gasteiger partial charge on any atom is 0.136 e. The summed E-state index contributed by atoms with van der Waals surface area (Å²) in [7, 11) is 0. The van der Waals surface area contributed by atoms with E-state index in [0.29, 0.717) is 17.8 Å². The predicted octanol–water partition coefficient (Wildman–Crippen LogP) is 3.63. The first-order chi connectivity index (χ1) is 8.27. The number of hydrogen-bond acceptors (Lipinski definition) is 2. The fraction of sp³-hybridized carbons (Fsp3) is 0.933. The zero-order valence-electron chi connectivity index (χ0n) is 10.7. The van der Waals surface area contributed by atoms with Gasteiger partial charge in [-0.3, -0.25) is 4.79 Å². The molecule has 2 heteroatoms. The second-order valence-electron chi connectivity index (χ2n) is 6.31. The molecule has 0 amide bonds. The van der Waals surface area contributed by atoms with Gasteiger partial charge in [-0.2, -0.15) is 0 Å². The van der Waals surface area contributed by atoms with Gasteiger partial charge in [0.15, 0.2) is 0 Å². The Morgan fingerprint density at radius 3 is 2.59 bits per heavy atom. The number of hydrogen-bond donors (Lipinski definition) is 0. The molecule has 2 nitrogen and oxygen atoms in total. The molecule has 1 aliphatic heterocycles. The Balaban J connectivity index is 1.54. The summed E-state index contributed by atoms with van der Waals surface area (Å²) in [5.74, 6) is 0.830. The van der Waals surface area contributed by atoms with Crippen LogP contribution < -0.4 is 0 Å². The number of ether oxygens (including phenoxy) is 1. The van der Waals surface area contributed by atoms with Crippen LogP contribution in [0.25, 0.3) is 0 Å². The molecule has 2 aliphatic carbocycles. The van der Waals surface area contributed by atoms with Crippen molar-refractivity contribution in [3.8, 4) is 0 Å². The molecular formula is C15H24O2. The summed E-state index contributed by atoms with van der Waals surface area (Å²) in [6.45, 7) is 0. The summed E-state index contributed by atoms with van der Waals surface area (Å²) in [5.41, 5.74) is 0.227. The number of carbonyl (C=O) groups excluding carboxylic acids is 1. The lowest BCUT2D eigenvalue weighted by Gasteiger charge is -2.33. The van der Waals surface area contributed by atoms with Gasteiger partial charge >= 0.3 is 0 Å². The van der Waals surface area contributed by atoms with Gasteiger partial charge in [0.2, 0.25) is 0 Å². The fourth-order valence-corrected chi connectivity index (χ4v) is 4.08. The highest BCUT2D eigenvalue weighted by atomic mass is 16.5. The minimum absolute atomic E-state index is 0.227. The van der Waals surface area contributed by atoms with Crippen molar-refractivity contribution < 1.29 is 9.53 Å². The summed E-state index contributed by atoms with van der Waals surface area (Å²) in [6.07, 6.45) is 13.5. The van der Waals surface area contributed by atoms with E-state index in [2.05, 4.69) is 0 Å². The Kier molecular flexibility index (Phi) is 3.25. The third-order valence-electron chi connectivity index (χ3n) is 5.08. The lowest BCUT2D eigenvalue weighted by Crippen LogP contribution is -2.32. The Labute approximate surface area is 104 Å². The van der Waals surface area contributed by atoms with Crippen LogP contribution in [0.2, 0.25) is 0 Å². The van der Waals surface area contributed by atoms with Crippen LogP contribution in [0, 0.1) is 5.92 Å². The van der Waals surface area contributed by atoms with Gasteiger partial charge in [-0.25, -0.2) is 0 Å². The van der Waals surface area contributed by atoms with Gasteiger partial charge in [-0.05, 0) is 44.9 Å². The largest absolute Gasteiger partial charge is 0.372 e. The molecule has 2 unspecified atom stereocenters. The zero-order chi connectivity index (χ0) is 11.7. The van der Waals surface area contributed by atoms with E-state index in [1.165, 1.54) is 44.9 Å². The van der Waals surface area contributed by atoms with E-state index >= 15 is 0 Å². The third-order valence-corrected chi connectivity index (χ3v) is 5.08. The Hall–Kier alpha value is -0.370. The van der Waals surface area contributed by atoms with Gasteiger partial charge in [-0.1, -0.05) is 19.3 Å². The number of ketones is 1. The predicted molar refractivity (Wildman–Crippen MR) is 66.9 cm³/mol. The van der Waals surface area contributed by atoms with Crippen LogP contribution in [-0.4, -0.2) is 17.5 Å². The molecule has 3 fully saturated rings. The molecule has 17 heavy (non-hydrogen) atoms.